The molecule has 3 heterocycles. The Morgan fingerprint density at radius 2 is 1.71 bits per heavy atom. The van der Waals surface area contributed by atoms with Gasteiger partial charge in [0.15, 0.2) is 0 Å². The van der Waals surface area contributed by atoms with Crippen molar-refractivity contribution in [1.82, 2.24) is 14.9 Å². The van der Waals surface area contributed by atoms with Crippen LogP contribution in [0.3, 0.4) is 0 Å². The van der Waals surface area contributed by atoms with Gasteiger partial charge in [0, 0.05) is 36.6 Å². The molecule has 2 atom stereocenters. The number of nitrogens with one attached hydrogen (secondary N) is 1. The minimum Gasteiger partial charge on any atom is -0.364 e. The number of aromatic nitrogens is 2. The van der Waals surface area contributed by atoms with Crippen molar-refractivity contribution in [2.24, 2.45) is 12.0 Å². The Labute approximate surface area is 175 Å². The van der Waals surface area contributed by atoms with E-state index in [0.29, 0.717) is 22.5 Å². The van der Waals surface area contributed by atoms with Gasteiger partial charge in [0.1, 0.15) is 22.9 Å². The number of aliphatic imine (C=N–C) groups is 1. The topological polar surface area (TPSA) is 59.3 Å². The van der Waals surface area contributed by atoms with E-state index >= 15 is 0 Å². The highest BCUT2D eigenvalue weighted by atomic mass is 19.4. The van der Waals surface area contributed by atoms with Crippen LogP contribution in [0.1, 0.15) is 29.3 Å². The monoisotopic (exact) mass is 430 g/mol. The Hall–Kier alpha value is -3.49. The largest absolute Gasteiger partial charge is 0.433 e. The molecule has 0 fully saturated rings. The number of alkyl halides is 3. The van der Waals surface area contributed by atoms with Crippen LogP contribution in [0.15, 0.2) is 70.7 Å². The third-order valence-electron chi connectivity index (χ3n) is 5.41. The first-order valence-electron chi connectivity index (χ1n) is 9.44. The summed E-state index contributed by atoms with van der Waals surface area (Å²) in [6, 6.07) is 10.5. The van der Waals surface area contributed by atoms with Gasteiger partial charge in [-0.1, -0.05) is 18.2 Å². The predicted molar refractivity (Wildman–Crippen MR) is 107 cm³/mol. The minimum absolute atomic E-state index is 0.188. The number of rotatable bonds is 3. The van der Waals surface area contributed by atoms with Gasteiger partial charge in [-0.15, -0.1) is 0 Å². The Kier molecular flexibility index (Phi) is 4.91. The molecule has 0 radical (unpaired) electrons. The molecule has 5 nitrogen and oxygen atoms in total. The van der Waals surface area contributed by atoms with E-state index in [9.17, 15) is 22.4 Å². The van der Waals surface area contributed by atoms with Gasteiger partial charge in [-0.2, -0.15) is 13.2 Å². The Bertz CT molecular complexity index is 1200. The molecule has 2 aromatic heterocycles. The highest BCUT2D eigenvalue weighted by molar-refractivity contribution is 6.00. The molecule has 0 bridgehead atoms. The molecule has 160 valence electrons. The first-order chi connectivity index (χ1) is 14.6. The third-order valence-corrected chi connectivity index (χ3v) is 5.41. The van der Waals surface area contributed by atoms with Crippen molar-refractivity contribution < 1.29 is 17.6 Å². The third kappa shape index (κ3) is 3.60. The van der Waals surface area contributed by atoms with E-state index in [1.807, 2.05) is 6.92 Å². The zero-order valence-corrected chi connectivity index (χ0v) is 16.6. The molecule has 0 saturated carbocycles. The van der Waals surface area contributed by atoms with E-state index < -0.39 is 29.3 Å². The molecular formula is C22H18F4N4O. The highest BCUT2D eigenvalue weighted by Crippen LogP contribution is 2.41. The lowest BCUT2D eigenvalue weighted by Crippen LogP contribution is -2.41. The second kappa shape index (κ2) is 7.33. The van der Waals surface area contributed by atoms with E-state index in [4.69, 9.17) is 4.99 Å². The summed E-state index contributed by atoms with van der Waals surface area (Å²) in [7, 11) is 1.61. The van der Waals surface area contributed by atoms with Crippen molar-refractivity contribution in [3.05, 3.63) is 99.5 Å². The number of nitrogens with zero attached hydrogens (tertiary/aromatic N) is 3. The molecule has 0 unspecified atom stereocenters. The lowest BCUT2D eigenvalue weighted by molar-refractivity contribution is -0.141. The molecule has 1 aromatic carbocycles. The number of pyridine rings is 2. The summed E-state index contributed by atoms with van der Waals surface area (Å²) in [6.07, 6.45) is -1.80. The summed E-state index contributed by atoms with van der Waals surface area (Å²) in [4.78, 5) is 20.2. The molecule has 0 saturated heterocycles. The molecule has 1 aliphatic rings. The zero-order valence-electron chi connectivity index (χ0n) is 16.6. The maximum absolute atomic E-state index is 13.6. The first-order valence-corrected chi connectivity index (χ1v) is 9.44. The van der Waals surface area contributed by atoms with E-state index in [-0.39, 0.29) is 5.56 Å². The van der Waals surface area contributed by atoms with Crippen molar-refractivity contribution in [3.63, 3.8) is 0 Å². The lowest BCUT2D eigenvalue weighted by Gasteiger charge is -2.31. The number of aryl methyl sites for hydroxylation is 1. The summed E-state index contributed by atoms with van der Waals surface area (Å²) in [5.74, 6) is 0.0256. The second-order valence-corrected chi connectivity index (χ2v) is 7.40. The van der Waals surface area contributed by atoms with Crippen molar-refractivity contribution >= 4 is 5.84 Å². The standard InChI is InChI=1S/C22H18F4N4O/c1-13-21(15-4-7-17(23)8-5-15,16-6-9-18(27-11-16)22(24,25)26)29-20(28-13)14-3-10-19(31)30(2)12-14/h3-13H,1-2H3,(H,28,29)/t13-,21-/m0/s1. The number of hydrogen-bond donors (Lipinski definition) is 1. The number of benzene rings is 1. The van der Waals surface area contributed by atoms with Crippen LogP contribution in [0.5, 0.6) is 0 Å². The molecule has 31 heavy (non-hydrogen) atoms. The van der Waals surface area contributed by atoms with Gasteiger partial charge in [-0.05, 0) is 36.8 Å². The van der Waals surface area contributed by atoms with E-state index in [0.717, 1.165) is 12.3 Å². The van der Waals surface area contributed by atoms with Gasteiger partial charge in [0.25, 0.3) is 0 Å². The van der Waals surface area contributed by atoms with Crippen molar-refractivity contribution in [2.45, 2.75) is 24.7 Å². The molecule has 1 N–H and O–H groups in total. The molecule has 0 amide bonds. The fourth-order valence-corrected chi connectivity index (χ4v) is 3.78. The summed E-state index contributed by atoms with van der Waals surface area (Å²) < 4.78 is 54.0. The van der Waals surface area contributed by atoms with Crippen LogP contribution in [0.2, 0.25) is 0 Å². The van der Waals surface area contributed by atoms with Crippen LogP contribution in [0.4, 0.5) is 17.6 Å². The van der Waals surface area contributed by atoms with E-state index in [1.54, 1.807) is 31.4 Å². The summed E-state index contributed by atoms with van der Waals surface area (Å²) in [5.41, 5.74) is -0.687. The van der Waals surface area contributed by atoms with E-state index in [2.05, 4.69) is 10.3 Å². The second-order valence-electron chi connectivity index (χ2n) is 7.40. The Balaban J connectivity index is 1.90. The Morgan fingerprint density at radius 3 is 2.29 bits per heavy atom. The summed E-state index contributed by atoms with van der Waals surface area (Å²) in [5, 5.41) is 3.26. The quantitative estimate of drug-likeness (QED) is 0.646. The van der Waals surface area contributed by atoms with Crippen LogP contribution >= 0.6 is 0 Å². The zero-order chi connectivity index (χ0) is 22.4. The number of amidine groups is 1. The van der Waals surface area contributed by atoms with Crippen LogP contribution < -0.4 is 10.9 Å². The van der Waals surface area contributed by atoms with Crippen molar-refractivity contribution in [3.8, 4) is 0 Å². The highest BCUT2D eigenvalue weighted by Gasteiger charge is 2.46. The van der Waals surface area contributed by atoms with E-state index in [1.165, 1.54) is 28.8 Å². The maximum atomic E-state index is 13.6. The average molecular weight is 430 g/mol. The van der Waals surface area contributed by atoms with Gasteiger partial charge in [-0.3, -0.25) is 9.78 Å². The molecule has 9 heteroatoms. The molecule has 1 aliphatic heterocycles. The Morgan fingerprint density at radius 1 is 1.03 bits per heavy atom. The fraction of sp³-hybridized carbons (Fsp3) is 0.227. The van der Waals surface area contributed by atoms with Gasteiger partial charge in [0.2, 0.25) is 5.56 Å². The number of hydrogen-bond acceptors (Lipinski definition) is 4. The molecule has 3 aromatic rings. The molecule has 4 rings (SSSR count). The first kappa shape index (κ1) is 20.8. The summed E-state index contributed by atoms with van der Waals surface area (Å²) in [6.45, 7) is 1.83. The SMILES string of the molecule is C[C@@H]1NC(c2ccc(=O)n(C)c2)=N[C@@]1(c1ccc(F)cc1)c1ccc(C(F)(F)F)nc1. The van der Waals surface area contributed by atoms with Crippen LogP contribution in [0, 0.1) is 5.82 Å². The smallest absolute Gasteiger partial charge is 0.364 e. The van der Waals surface area contributed by atoms with Gasteiger partial charge in [0.05, 0.1) is 6.04 Å². The van der Waals surface area contributed by atoms with Crippen LogP contribution in [-0.4, -0.2) is 21.4 Å². The molecule has 0 aliphatic carbocycles. The fourth-order valence-electron chi connectivity index (χ4n) is 3.78. The average Bonchev–Trinajstić information content (AvgIpc) is 3.08. The predicted octanol–water partition coefficient (Wildman–Crippen LogP) is 3.62. The van der Waals surface area contributed by atoms with Crippen molar-refractivity contribution in [1.29, 1.82) is 0 Å². The van der Waals surface area contributed by atoms with Crippen molar-refractivity contribution in [2.75, 3.05) is 0 Å². The minimum atomic E-state index is -4.57. The van der Waals surface area contributed by atoms with Gasteiger partial charge >= 0.3 is 6.18 Å². The van der Waals surface area contributed by atoms with Gasteiger partial charge in [-0.25, -0.2) is 9.38 Å². The maximum Gasteiger partial charge on any atom is 0.433 e. The molecular weight excluding hydrogens is 412 g/mol. The van der Waals surface area contributed by atoms with Crippen LogP contribution in [0.25, 0.3) is 0 Å². The number of halogens is 4. The molecule has 0 spiro atoms. The summed E-state index contributed by atoms with van der Waals surface area (Å²) >= 11 is 0. The lowest BCUT2D eigenvalue weighted by atomic mass is 9.79. The van der Waals surface area contributed by atoms with Gasteiger partial charge < -0.3 is 9.88 Å². The van der Waals surface area contributed by atoms with Crippen LogP contribution in [-0.2, 0) is 18.8 Å². The normalized spacial score (nSPS) is 21.0.